The second kappa shape index (κ2) is 6.11. The number of anilines is 1. The Morgan fingerprint density at radius 3 is 2.62 bits per heavy atom. The number of benzene rings is 1. The van der Waals surface area contributed by atoms with Crippen LogP contribution in [0.15, 0.2) is 36.5 Å². The highest BCUT2D eigenvalue weighted by molar-refractivity contribution is 5.92. The number of aryl methyl sites for hydroxylation is 1. The van der Waals surface area contributed by atoms with Gasteiger partial charge in [-0.25, -0.2) is 4.39 Å². The van der Waals surface area contributed by atoms with Crippen LogP contribution in [0.4, 0.5) is 10.1 Å². The molecular weight excluding hydrogens is 331 g/mol. The molecule has 3 heterocycles. The number of hydrogen-bond donors (Lipinski definition) is 0. The van der Waals surface area contributed by atoms with E-state index in [2.05, 4.69) is 23.8 Å². The molecule has 2 saturated heterocycles. The zero-order valence-corrected chi connectivity index (χ0v) is 15.5. The standard InChI is InChI=1S/C20H25FN4O/c1-20(2)12-14-13-24(19(26)18-8-10-22-23(18)3)11-9-17(14)25(20)16-6-4-15(21)5-7-16/h4-8,10,14,17H,9,11-13H2,1-3H3/t14-,17+/m1/s1. The number of nitrogens with zero attached hydrogens (tertiary/aromatic N) is 4. The summed E-state index contributed by atoms with van der Waals surface area (Å²) in [5.74, 6) is 0.265. The Balaban J connectivity index is 1.55. The molecule has 2 aliphatic heterocycles. The van der Waals surface area contributed by atoms with Crippen LogP contribution in [0, 0.1) is 11.7 Å². The van der Waals surface area contributed by atoms with Gasteiger partial charge in [0.15, 0.2) is 0 Å². The predicted molar refractivity (Wildman–Crippen MR) is 98.6 cm³/mol. The fourth-order valence-electron chi connectivity index (χ4n) is 4.82. The van der Waals surface area contributed by atoms with Gasteiger partial charge in [-0.05, 0) is 62.9 Å². The van der Waals surface area contributed by atoms with Crippen LogP contribution in [0.1, 0.15) is 37.2 Å². The second-order valence-electron chi connectivity index (χ2n) is 8.07. The Bertz CT molecular complexity index is 813. The Morgan fingerprint density at radius 1 is 1.23 bits per heavy atom. The van der Waals surface area contributed by atoms with E-state index in [0.717, 1.165) is 31.6 Å². The predicted octanol–water partition coefficient (Wildman–Crippen LogP) is 3.08. The third-order valence-corrected chi connectivity index (χ3v) is 5.87. The number of carbonyl (C=O) groups excluding carboxylic acids is 1. The number of likely N-dealkylation sites (tertiary alicyclic amines) is 1. The van der Waals surface area contributed by atoms with Crippen molar-refractivity contribution >= 4 is 11.6 Å². The lowest BCUT2D eigenvalue weighted by Gasteiger charge is -2.41. The molecule has 26 heavy (non-hydrogen) atoms. The van der Waals surface area contributed by atoms with Crippen molar-refractivity contribution in [3.05, 3.63) is 48.0 Å². The quantitative estimate of drug-likeness (QED) is 0.830. The SMILES string of the molecule is Cn1nccc1C(=O)N1CC[C@H]2[C@@H](C1)CC(C)(C)N2c1ccc(F)cc1. The summed E-state index contributed by atoms with van der Waals surface area (Å²) in [5, 5.41) is 4.11. The monoisotopic (exact) mass is 356 g/mol. The van der Waals surface area contributed by atoms with Crippen LogP contribution in [0.3, 0.4) is 0 Å². The number of aromatic nitrogens is 2. The minimum Gasteiger partial charge on any atom is -0.363 e. The molecule has 0 spiro atoms. The van der Waals surface area contributed by atoms with Crippen molar-refractivity contribution in [2.45, 2.75) is 38.3 Å². The number of hydrogen-bond acceptors (Lipinski definition) is 3. The fraction of sp³-hybridized carbons (Fsp3) is 0.500. The van der Waals surface area contributed by atoms with Gasteiger partial charge in [-0.15, -0.1) is 0 Å². The number of piperidine rings is 1. The first-order chi connectivity index (χ1) is 12.4. The molecular formula is C20H25FN4O. The molecule has 4 rings (SSSR count). The summed E-state index contributed by atoms with van der Waals surface area (Å²) in [7, 11) is 1.80. The van der Waals surface area contributed by atoms with Gasteiger partial charge in [-0.3, -0.25) is 9.48 Å². The van der Waals surface area contributed by atoms with E-state index in [1.54, 1.807) is 24.0 Å². The molecule has 2 atom stereocenters. The largest absolute Gasteiger partial charge is 0.363 e. The van der Waals surface area contributed by atoms with Crippen molar-refractivity contribution in [2.24, 2.45) is 13.0 Å². The number of amides is 1. The average Bonchev–Trinajstić information content (AvgIpc) is 3.13. The van der Waals surface area contributed by atoms with Crippen molar-refractivity contribution in [1.29, 1.82) is 0 Å². The van der Waals surface area contributed by atoms with Crippen LogP contribution in [0.25, 0.3) is 0 Å². The van der Waals surface area contributed by atoms with Crippen LogP contribution >= 0.6 is 0 Å². The zero-order valence-electron chi connectivity index (χ0n) is 15.5. The second-order valence-corrected chi connectivity index (χ2v) is 8.07. The van der Waals surface area contributed by atoms with Gasteiger partial charge in [-0.2, -0.15) is 5.10 Å². The molecule has 0 aliphatic carbocycles. The van der Waals surface area contributed by atoms with Crippen molar-refractivity contribution in [2.75, 3.05) is 18.0 Å². The van der Waals surface area contributed by atoms with E-state index in [4.69, 9.17) is 0 Å². The van der Waals surface area contributed by atoms with Gasteiger partial charge in [0, 0.05) is 43.6 Å². The Hall–Kier alpha value is -2.37. The molecule has 5 nitrogen and oxygen atoms in total. The van der Waals surface area contributed by atoms with Crippen LogP contribution < -0.4 is 4.90 Å². The Morgan fingerprint density at radius 2 is 1.96 bits per heavy atom. The van der Waals surface area contributed by atoms with E-state index in [0.29, 0.717) is 17.7 Å². The zero-order chi connectivity index (χ0) is 18.5. The molecule has 2 aliphatic rings. The van der Waals surface area contributed by atoms with Gasteiger partial charge in [-0.1, -0.05) is 0 Å². The summed E-state index contributed by atoms with van der Waals surface area (Å²) < 4.78 is 15.0. The first-order valence-corrected chi connectivity index (χ1v) is 9.19. The summed E-state index contributed by atoms with van der Waals surface area (Å²) in [4.78, 5) is 17.2. The maximum atomic E-state index is 13.3. The number of fused-ring (bicyclic) bond motifs is 1. The van der Waals surface area contributed by atoms with E-state index in [1.165, 1.54) is 12.1 Å². The van der Waals surface area contributed by atoms with E-state index >= 15 is 0 Å². The number of rotatable bonds is 2. The van der Waals surface area contributed by atoms with Crippen molar-refractivity contribution < 1.29 is 9.18 Å². The molecule has 0 radical (unpaired) electrons. The molecule has 0 saturated carbocycles. The summed E-state index contributed by atoms with van der Waals surface area (Å²) in [6.45, 7) is 5.97. The van der Waals surface area contributed by atoms with Gasteiger partial charge < -0.3 is 9.80 Å². The third-order valence-electron chi connectivity index (χ3n) is 5.87. The number of halogens is 1. The van der Waals surface area contributed by atoms with Crippen molar-refractivity contribution in [1.82, 2.24) is 14.7 Å². The molecule has 1 amide bonds. The van der Waals surface area contributed by atoms with Gasteiger partial charge in [0.05, 0.1) is 0 Å². The lowest BCUT2D eigenvalue weighted by Crippen LogP contribution is -2.50. The third kappa shape index (κ3) is 2.77. The highest BCUT2D eigenvalue weighted by Gasteiger charge is 2.48. The molecule has 1 aromatic heterocycles. The lowest BCUT2D eigenvalue weighted by atomic mass is 9.89. The molecule has 0 bridgehead atoms. The Labute approximate surface area is 153 Å². The van der Waals surface area contributed by atoms with Gasteiger partial charge in [0.25, 0.3) is 5.91 Å². The highest BCUT2D eigenvalue weighted by atomic mass is 19.1. The van der Waals surface area contributed by atoms with E-state index < -0.39 is 0 Å². The molecule has 6 heteroatoms. The molecule has 0 N–H and O–H groups in total. The first-order valence-electron chi connectivity index (χ1n) is 9.19. The maximum absolute atomic E-state index is 13.3. The van der Waals surface area contributed by atoms with Crippen LogP contribution in [0.5, 0.6) is 0 Å². The first kappa shape index (κ1) is 17.1. The van der Waals surface area contributed by atoms with Crippen LogP contribution in [-0.4, -0.2) is 45.3 Å². The smallest absolute Gasteiger partial charge is 0.272 e. The topological polar surface area (TPSA) is 41.4 Å². The Kier molecular flexibility index (Phi) is 4.01. The maximum Gasteiger partial charge on any atom is 0.272 e. The summed E-state index contributed by atoms with van der Waals surface area (Å²) in [5.41, 5.74) is 1.69. The molecule has 138 valence electrons. The van der Waals surface area contributed by atoms with E-state index in [1.807, 2.05) is 17.0 Å². The van der Waals surface area contributed by atoms with Crippen LogP contribution in [0.2, 0.25) is 0 Å². The molecule has 0 unspecified atom stereocenters. The minimum absolute atomic E-state index is 0.0151. The van der Waals surface area contributed by atoms with Crippen LogP contribution in [-0.2, 0) is 7.05 Å². The summed E-state index contributed by atoms with van der Waals surface area (Å²) in [6.07, 6.45) is 3.61. The molecule has 2 fully saturated rings. The minimum atomic E-state index is -0.209. The van der Waals surface area contributed by atoms with Crippen molar-refractivity contribution in [3.63, 3.8) is 0 Å². The van der Waals surface area contributed by atoms with Gasteiger partial charge in [0.2, 0.25) is 0 Å². The average molecular weight is 356 g/mol. The summed E-state index contributed by atoms with van der Waals surface area (Å²) in [6, 6.07) is 8.95. The number of carbonyl (C=O) groups is 1. The normalized spacial score (nSPS) is 24.6. The van der Waals surface area contributed by atoms with E-state index in [9.17, 15) is 9.18 Å². The molecule has 2 aromatic rings. The fourth-order valence-corrected chi connectivity index (χ4v) is 4.82. The van der Waals surface area contributed by atoms with Gasteiger partial charge in [0.1, 0.15) is 11.5 Å². The summed E-state index contributed by atoms with van der Waals surface area (Å²) >= 11 is 0. The van der Waals surface area contributed by atoms with Crippen molar-refractivity contribution in [3.8, 4) is 0 Å². The van der Waals surface area contributed by atoms with E-state index in [-0.39, 0.29) is 17.3 Å². The van der Waals surface area contributed by atoms with Gasteiger partial charge >= 0.3 is 0 Å². The molecule has 1 aromatic carbocycles. The lowest BCUT2D eigenvalue weighted by molar-refractivity contribution is 0.0656. The highest BCUT2D eigenvalue weighted by Crippen LogP contribution is 2.44.